The Kier molecular flexibility index (Phi) is 8.77. The van der Waals surface area contributed by atoms with E-state index >= 15 is 0 Å². The van der Waals surface area contributed by atoms with Crippen molar-refractivity contribution < 1.29 is 26.7 Å². The topological polar surface area (TPSA) is 34.1 Å². The van der Waals surface area contributed by atoms with Crippen LogP contribution in [0, 0.1) is 0 Å². The van der Waals surface area contributed by atoms with E-state index in [9.17, 15) is 9.59 Å². The first-order valence-electron chi connectivity index (χ1n) is 6.18. The van der Waals surface area contributed by atoms with Crippen molar-refractivity contribution in [3.8, 4) is 0 Å². The van der Waals surface area contributed by atoms with Gasteiger partial charge in [0.15, 0.2) is 0 Å². The largest absolute Gasteiger partial charge is 0.309 e. The molecule has 0 unspecified atom stereocenters. The zero-order valence-corrected chi connectivity index (χ0v) is 12.3. The van der Waals surface area contributed by atoms with Gasteiger partial charge in [-0.05, 0) is 12.8 Å². The summed E-state index contributed by atoms with van der Waals surface area (Å²) in [6.07, 6.45) is 1.20. The van der Waals surface area contributed by atoms with Gasteiger partial charge in [-0.1, -0.05) is 25.0 Å². The Labute approximate surface area is 125 Å². The molecule has 0 fully saturated rings. The normalized spacial score (nSPS) is 8.95. The molecule has 0 radical (unpaired) electrons. The second-order valence-electron chi connectivity index (χ2n) is 3.90. The molecule has 0 aliphatic heterocycles. The van der Waals surface area contributed by atoms with E-state index in [0.29, 0.717) is 12.8 Å². The third-order valence-corrected chi connectivity index (χ3v) is 2.61. The van der Waals surface area contributed by atoms with Crippen LogP contribution in [0.25, 0.3) is 0 Å². The van der Waals surface area contributed by atoms with Crippen LogP contribution >= 0.6 is 0 Å². The molecule has 0 amide bonds. The molecule has 2 aromatic rings. The predicted octanol–water partition coefficient (Wildman–Crippen LogP) is 3.99. The third kappa shape index (κ3) is 5.82. The molecule has 0 saturated heterocycles. The maximum absolute atomic E-state index is 10.9. The van der Waals surface area contributed by atoms with Crippen LogP contribution in [0.1, 0.15) is 47.4 Å². The van der Waals surface area contributed by atoms with Gasteiger partial charge in [-0.15, -0.1) is 0 Å². The van der Waals surface area contributed by atoms with Crippen LogP contribution in [0.15, 0.2) is 48.5 Å². The first kappa shape index (κ1) is 17.6. The maximum Gasteiger partial charge on any atom is 0.108 e. The van der Waals surface area contributed by atoms with E-state index in [1.165, 1.54) is 0 Å². The number of ketones is 2. The summed E-state index contributed by atoms with van der Waals surface area (Å²) in [5.41, 5.74) is 1.66. The van der Waals surface area contributed by atoms with E-state index in [-0.39, 0.29) is 28.6 Å². The van der Waals surface area contributed by atoms with Crippen molar-refractivity contribution in [2.75, 3.05) is 0 Å². The third-order valence-electron chi connectivity index (χ3n) is 2.61. The Morgan fingerprint density at radius 1 is 0.737 bits per heavy atom. The molecule has 0 aromatic heterocycles. The van der Waals surface area contributed by atoms with Crippen molar-refractivity contribution in [1.82, 2.24) is 0 Å². The van der Waals surface area contributed by atoms with E-state index in [1.807, 2.05) is 62.4 Å². The summed E-state index contributed by atoms with van der Waals surface area (Å²) in [6.45, 7) is 3.74. The van der Waals surface area contributed by atoms with Gasteiger partial charge in [-0.3, -0.25) is 0 Å². The van der Waals surface area contributed by atoms with E-state index in [0.717, 1.165) is 11.1 Å². The second-order valence-corrected chi connectivity index (χ2v) is 3.90. The van der Waals surface area contributed by atoms with E-state index in [1.54, 1.807) is 0 Å². The summed E-state index contributed by atoms with van der Waals surface area (Å²) in [4.78, 5) is 21.7. The summed E-state index contributed by atoms with van der Waals surface area (Å²) in [7, 11) is 0. The van der Waals surface area contributed by atoms with Gasteiger partial charge in [-0.2, -0.15) is 24.3 Å². The first-order chi connectivity index (χ1) is 8.69. The monoisotopic (exact) mass is 298 g/mol. The fourth-order valence-electron chi connectivity index (χ4n) is 1.53. The first-order valence-corrected chi connectivity index (χ1v) is 6.18. The zero-order chi connectivity index (χ0) is 13.4. The van der Waals surface area contributed by atoms with Gasteiger partial charge in [0.05, 0.1) is 0 Å². The molecule has 19 heavy (non-hydrogen) atoms. The molecule has 0 heterocycles. The maximum atomic E-state index is 10.9. The molecule has 0 N–H and O–H groups in total. The summed E-state index contributed by atoms with van der Waals surface area (Å²) >= 11 is 0. The summed E-state index contributed by atoms with van der Waals surface area (Å²) in [5, 5.41) is 0. The van der Waals surface area contributed by atoms with Gasteiger partial charge in [0.25, 0.3) is 0 Å². The van der Waals surface area contributed by atoms with Crippen LogP contribution in [-0.2, 0) is 17.1 Å². The van der Waals surface area contributed by atoms with E-state index in [2.05, 4.69) is 0 Å². The predicted molar refractivity (Wildman–Crippen MR) is 73.3 cm³/mol. The van der Waals surface area contributed by atoms with Crippen LogP contribution in [0.3, 0.4) is 0 Å². The Balaban J connectivity index is 0.000000324. The van der Waals surface area contributed by atoms with Gasteiger partial charge in [-0.25, -0.2) is 24.3 Å². The number of hydrogen-bond acceptors (Lipinski definition) is 2. The molecule has 2 aromatic carbocycles. The van der Waals surface area contributed by atoms with Crippen molar-refractivity contribution in [3.05, 3.63) is 59.7 Å². The number of rotatable bonds is 4. The molecule has 0 aliphatic carbocycles. The SMILES string of the molecule is CCC(=O)[c-]1cccc1.CCC(=O)[c-]1cccc1.[Fe]. The van der Waals surface area contributed by atoms with Crippen molar-refractivity contribution >= 4 is 11.6 Å². The molecule has 0 saturated carbocycles. The van der Waals surface area contributed by atoms with Gasteiger partial charge < -0.3 is 9.59 Å². The van der Waals surface area contributed by atoms with Crippen molar-refractivity contribution in [2.24, 2.45) is 0 Å². The molecular weight excluding hydrogens is 280 g/mol. The van der Waals surface area contributed by atoms with Crippen LogP contribution in [-0.4, -0.2) is 11.6 Å². The van der Waals surface area contributed by atoms with Crippen molar-refractivity contribution in [2.45, 2.75) is 26.7 Å². The molecule has 0 bridgehead atoms. The number of carbonyl (C=O) groups is 2. The smallest absolute Gasteiger partial charge is 0.108 e. The summed E-state index contributed by atoms with van der Waals surface area (Å²) < 4.78 is 0. The standard InChI is InChI=1S/2C8H9O.Fe/c2*1-2-8(9)7-5-3-4-6-7;/h2*3-6H,2H2,1H3;/q2*-1;. The van der Waals surface area contributed by atoms with Crippen molar-refractivity contribution in [1.29, 1.82) is 0 Å². The molecular formula is C16H18FeO2-2. The quantitative estimate of drug-likeness (QED) is 0.486. The Morgan fingerprint density at radius 2 is 1.00 bits per heavy atom. The Morgan fingerprint density at radius 3 is 1.21 bits per heavy atom. The average Bonchev–Trinajstić information content (AvgIpc) is 3.09. The minimum atomic E-state index is 0. The zero-order valence-electron chi connectivity index (χ0n) is 11.2. The second kappa shape index (κ2) is 9.48. The van der Waals surface area contributed by atoms with Gasteiger partial charge in [0.2, 0.25) is 0 Å². The minimum absolute atomic E-state index is 0. The molecule has 104 valence electrons. The van der Waals surface area contributed by atoms with E-state index in [4.69, 9.17) is 0 Å². The average molecular weight is 298 g/mol. The van der Waals surface area contributed by atoms with E-state index < -0.39 is 0 Å². The summed E-state index contributed by atoms with van der Waals surface area (Å²) in [5.74, 6) is 0.444. The van der Waals surface area contributed by atoms with Crippen molar-refractivity contribution in [3.63, 3.8) is 0 Å². The number of hydrogen-bond donors (Lipinski definition) is 0. The Bertz CT molecular complexity index is 421. The minimum Gasteiger partial charge on any atom is -0.309 e. The van der Waals surface area contributed by atoms with Gasteiger partial charge in [0, 0.05) is 17.1 Å². The number of carbonyl (C=O) groups excluding carboxylic acids is 2. The van der Waals surface area contributed by atoms with Crippen LogP contribution in [0.5, 0.6) is 0 Å². The summed E-state index contributed by atoms with van der Waals surface area (Å²) in [6, 6.07) is 14.9. The molecule has 0 aliphatic rings. The molecule has 2 nitrogen and oxygen atoms in total. The van der Waals surface area contributed by atoms with Gasteiger partial charge >= 0.3 is 0 Å². The fourth-order valence-corrected chi connectivity index (χ4v) is 1.53. The molecule has 2 rings (SSSR count). The van der Waals surface area contributed by atoms with Crippen LogP contribution < -0.4 is 0 Å². The van der Waals surface area contributed by atoms with Gasteiger partial charge in [0.1, 0.15) is 11.6 Å². The van der Waals surface area contributed by atoms with Crippen LogP contribution in [0.4, 0.5) is 0 Å². The molecule has 3 heteroatoms. The molecule has 0 atom stereocenters. The molecule has 0 spiro atoms. The van der Waals surface area contributed by atoms with Crippen LogP contribution in [0.2, 0.25) is 0 Å². The Hall–Kier alpha value is -1.44. The number of Topliss-reactive ketones (excluding diaryl/α,β-unsaturated/α-hetero) is 2. The fraction of sp³-hybridized carbons (Fsp3) is 0.250.